The Morgan fingerprint density at radius 3 is 2.52 bits per heavy atom. The highest BCUT2D eigenvalue weighted by molar-refractivity contribution is 5.60. The van der Waals surface area contributed by atoms with Crippen LogP contribution in [-0.4, -0.2) is 31.7 Å². The summed E-state index contributed by atoms with van der Waals surface area (Å²) in [6.07, 6.45) is 3.51. The number of fused-ring (bicyclic) bond motifs is 1. The molecule has 0 fully saturated rings. The normalized spacial score (nSPS) is 16.3. The summed E-state index contributed by atoms with van der Waals surface area (Å²) < 4.78 is 1.71. The molecule has 1 N–H and O–H groups in total. The zero-order chi connectivity index (χ0) is 20.6. The van der Waals surface area contributed by atoms with Gasteiger partial charge in [0.05, 0.1) is 18.3 Å². The van der Waals surface area contributed by atoms with Gasteiger partial charge in [-0.2, -0.15) is 0 Å². The number of aliphatic hydroxyl groups is 1. The lowest BCUT2D eigenvalue weighted by molar-refractivity contribution is 0.169. The van der Waals surface area contributed by atoms with E-state index >= 15 is 0 Å². The molecule has 2 aromatic heterocycles. The quantitative estimate of drug-likeness (QED) is 0.740. The zero-order valence-electron chi connectivity index (χ0n) is 17.0. The number of hydrogen-bond donors (Lipinski definition) is 1. The number of β-amino-alcohol motifs (C(OH)–C–C–N with tert-alkyl or cyclic N) is 1. The van der Waals surface area contributed by atoms with Gasteiger partial charge in [0.1, 0.15) is 0 Å². The minimum absolute atomic E-state index is 0.0767. The third kappa shape index (κ3) is 3.80. The number of rotatable bonds is 4. The summed E-state index contributed by atoms with van der Waals surface area (Å²) in [6.45, 7) is 7.26. The van der Waals surface area contributed by atoms with Gasteiger partial charge in [-0.15, -0.1) is 0 Å². The number of nitrogens with zero attached hydrogens (tertiary/aromatic N) is 4. The molecule has 0 saturated carbocycles. The molecule has 6 heteroatoms. The van der Waals surface area contributed by atoms with Crippen LogP contribution in [0.1, 0.15) is 37.5 Å². The highest BCUT2D eigenvalue weighted by atomic mass is 16.3. The highest BCUT2D eigenvalue weighted by Gasteiger charge is 2.36. The van der Waals surface area contributed by atoms with Crippen molar-refractivity contribution in [3.05, 3.63) is 76.3 Å². The Kier molecular flexibility index (Phi) is 4.96. The van der Waals surface area contributed by atoms with E-state index in [1.807, 2.05) is 43.3 Å². The minimum Gasteiger partial charge on any atom is -0.387 e. The molecule has 1 atom stereocenters. The van der Waals surface area contributed by atoms with E-state index in [0.717, 1.165) is 23.1 Å². The molecule has 0 amide bonds. The second kappa shape index (κ2) is 7.44. The van der Waals surface area contributed by atoms with E-state index in [2.05, 4.69) is 23.7 Å². The first-order chi connectivity index (χ1) is 13.8. The fourth-order valence-corrected chi connectivity index (χ4v) is 3.77. The van der Waals surface area contributed by atoms with Gasteiger partial charge in [0.2, 0.25) is 5.95 Å². The van der Waals surface area contributed by atoms with Gasteiger partial charge in [-0.05, 0) is 44.9 Å². The molecule has 1 aromatic carbocycles. The molecule has 3 aromatic rings. The standard InChI is InChI=1S/C23H26N4O2/c1-16-4-6-18(7-5-16)20(28)15-27-22-25-19(17-8-11-24-12-9-17)14-21(29)26(22)13-10-23(27,2)3/h4-9,11-12,14,20,28H,10,13,15H2,1-3H3/t20-/m1/s1. The average molecular weight is 390 g/mol. The highest BCUT2D eigenvalue weighted by Crippen LogP contribution is 2.33. The zero-order valence-corrected chi connectivity index (χ0v) is 17.0. The molecule has 1 aliphatic heterocycles. The van der Waals surface area contributed by atoms with E-state index < -0.39 is 6.10 Å². The fraction of sp³-hybridized carbons (Fsp3) is 0.348. The molecule has 0 saturated heterocycles. The lowest BCUT2D eigenvalue weighted by Gasteiger charge is -2.45. The van der Waals surface area contributed by atoms with Gasteiger partial charge < -0.3 is 10.0 Å². The Balaban J connectivity index is 1.75. The van der Waals surface area contributed by atoms with Gasteiger partial charge in [-0.25, -0.2) is 4.98 Å². The fourth-order valence-electron chi connectivity index (χ4n) is 3.77. The van der Waals surface area contributed by atoms with Crippen LogP contribution in [-0.2, 0) is 6.54 Å². The average Bonchev–Trinajstić information content (AvgIpc) is 2.71. The predicted molar refractivity (Wildman–Crippen MR) is 114 cm³/mol. The lowest BCUT2D eigenvalue weighted by Crippen LogP contribution is -2.53. The van der Waals surface area contributed by atoms with Gasteiger partial charge in [-0.1, -0.05) is 29.8 Å². The van der Waals surface area contributed by atoms with Crippen molar-refractivity contribution in [1.82, 2.24) is 14.5 Å². The van der Waals surface area contributed by atoms with Crippen molar-refractivity contribution in [3.8, 4) is 11.3 Å². The summed E-state index contributed by atoms with van der Waals surface area (Å²) in [4.78, 5) is 23.8. The van der Waals surface area contributed by atoms with Crippen LogP contribution in [0.3, 0.4) is 0 Å². The molecule has 0 radical (unpaired) electrons. The first kappa shape index (κ1) is 19.3. The first-order valence-electron chi connectivity index (χ1n) is 9.90. The second-order valence-electron chi connectivity index (χ2n) is 8.27. The maximum Gasteiger partial charge on any atom is 0.255 e. The van der Waals surface area contributed by atoms with Crippen molar-refractivity contribution >= 4 is 5.95 Å². The van der Waals surface area contributed by atoms with Crippen LogP contribution in [0.25, 0.3) is 11.3 Å². The van der Waals surface area contributed by atoms with Crippen LogP contribution in [0.2, 0.25) is 0 Å². The van der Waals surface area contributed by atoms with Crippen molar-refractivity contribution in [1.29, 1.82) is 0 Å². The van der Waals surface area contributed by atoms with Crippen LogP contribution in [0.4, 0.5) is 5.95 Å². The van der Waals surface area contributed by atoms with Crippen LogP contribution >= 0.6 is 0 Å². The number of hydrogen-bond acceptors (Lipinski definition) is 5. The smallest absolute Gasteiger partial charge is 0.255 e. The lowest BCUT2D eigenvalue weighted by atomic mass is 9.94. The van der Waals surface area contributed by atoms with Crippen LogP contribution in [0, 0.1) is 6.92 Å². The van der Waals surface area contributed by atoms with E-state index in [1.165, 1.54) is 0 Å². The van der Waals surface area contributed by atoms with E-state index in [-0.39, 0.29) is 11.1 Å². The van der Waals surface area contributed by atoms with Crippen LogP contribution in [0.5, 0.6) is 0 Å². The van der Waals surface area contributed by atoms with Gasteiger partial charge in [0.25, 0.3) is 5.56 Å². The van der Waals surface area contributed by atoms with E-state index in [9.17, 15) is 9.90 Å². The molecule has 0 aliphatic carbocycles. The number of anilines is 1. The molecule has 0 unspecified atom stereocenters. The van der Waals surface area contributed by atoms with Crippen molar-refractivity contribution in [2.75, 3.05) is 11.4 Å². The summed E-state index contributed by atoms with van der Waals surface area (Å²) >= 11 is 0. The van der Waals surface area contributed by atoms with Crippen molar-refractivity contribution in [2.24, 2.45) is 0 Å². The molecule has 4 rings (SSSR count). The molecule has 6 nitrogen and oxygen atoms in total. The summed E-state index contributed by atoms with van der Waals surface area (Å²) in [5.74, 6) is 0.603. The third-order valence-electron chi connectivity index (χ3n) is 5.70. The van der Waals surface area contributed by atoms with Gasteiger partial charge >= 0.3 is 0 Å². The summed E-state index contributed by atoms with van der Waals surface area (Å²) in [5, 5.41) is 10.9. The van der Waals surface area contributed by atoms with E-state index in [4.69, 9.17) is 4.98 Å². The second-order valence-corrected chi connectivity index (χ2v) is 8.27. The van der Waals surface area contributed by atoms with E-state index in [1.54, 1.807) is 23.0 Å². The molecule has 29 heavy (non-hydrogen) atoms. The maximum atomic E-state index is 12.8. The molecular formula is C23H26N4O2. The minimum atomic E-state index is -0.678. The van der Waals surface area contributed by atoms with Gasteiger partial charge in [-0.3, -0.25) is 14.3 Å². The number of benzene rings is 1. The maximum absolute atomic E-state index is 12.8. The summed E-state index contributed by atoms with van der Waals surface area (Å²) in [5.41, 5.74) is 3.17. The predicted octanol–water partition coefficient (Wildman–Crippen LogP) is 3.34. The number of aryl methyl sites for hydroxylation is 1. The monoisotopic (exact) mass is 390 g/mol. The topological polar surface area (TPSA) is 71.2 Å². The first-order valence-corrected chi connectivity index (χ1v) is 9.90. The molecule has 3 heterocycles. The number of pyridine rings is 1. The Hall–Kier alpha value is -2.99. The van der Waals surface area contributed by atoms with Crippen molar-refractivity contribution in [3.63, 3.8) is 0 Å². The van der Waals surface area contributed by atoms with Crippen molar-refractivity contribution in [2.45, 2.75) is 45.4 Å². The SMILES string of the molecule is Cc1ccc([C@H](O)CN2c3nc(-c4ccncc4)cc(=O)n3CCC2(C)C)cc1. The van der Waals surface area contributed by atoms with Crippen LogP contribution < -0.4 is 10.5 Å². The van der Waals surface area contributed by atoms with Gasteiger partial charge in [0.15, 0.2) is 0 Å². The molecule has 0 bridgehead atoms. The molecule has 150 valence electrons. The van der Waals surface area contributed by atoms with Crippen molar-refractivity contribution < 1.29 is 5.11 Å². The van der Waals surface area contributed by atoms with E-state index in [0.29, 0.717) is 24.7 Å². The molecule has 0 spiro atoms. The Labute approximate surface area is 170 Å². The summed E-state index contributed by atoms with van der Waals surface area (Å²) in [6, 6.07) is 13.2. The molecular weight excluding hydrogens is 364 g/mol. The summed E-state index contributed by atoms with van der Waals surface area (Å²) in [7, 11) is 0. The Bertz CT molecular complexity index is 1060. The molecule has 1 aliphatic rings. The Morgan fingerprint density at radius 2 is 1.83 bits per heavy atom. The van der Waals surface area contributed by atoms with Crippen LogP contribution in [0.15, 0.2) is 59.7 Å². The Morgan fingerprint density at radius 1 is 1.14 bits per heavy atom. The van der Waals surface area contributed by atoms with Gasteiger partial charge in [0, 0.05) is 36.1 Å². The third-order valence-corrected chi connectivity index (χ3v) is 5.70. The largest absolute Gasteiger partial charge is 0.387 e. The number of aliphatic hydroxyl groups excluding tert-OH is 1. The number of aromatic nitrogens is 3.